The van der Waals surface area contributed by atoms with E-state index in [1.54, 1.807) is 11.3 Å². The average Bonchev–Trinajstić information content (AvgIpc) is 3.42. The first kappa shape index (κ1) is 19.4. The first-order chi connectivity index (χ1) is 14.3. The molecule has 0 saturated carbocycles. The SMILES string of the molecule is CCCc1cc(OC[C@@H](C=N)Cc2c[nH]c3ccccc23)ccc1-c1nccs1. The molecule has 4 nitrogen and oxygen atoms in total. The van der Waals surface area contributed by atoms with Crippen LogP contribution < -0.4 is 4.74 Å². The fourth-order valence-electron chi connectivity index (χ4n) is 3.65. The molecule has 0 saturated heterocycles. The summed E-state index contributed by atoms with van der Waals surface area (Å²) >= 11 is 1.66. The van der Waals surface area contributed by atoms with Gasteiger partial charge in [-0.3, -0.25) is 0 Å². The van der Waals surface area contributed by atoms with Crippen molar-refractivity contribution in [1.82, 2.24) is 9.97 Å². The normalized spacial score (nSPS) is 12.2. The number of fused-ring (bicyclic) bond motifs is 1. The Hall–Kier alpha value is -2.92. The lowest BCUT2D eigenvalue weighted by Gasteiger charge is -2.15. The molecule has 4 rings (SSSR count). The molecule has 0 aliphatic carbocycles. The van der Waals surface area contributed by atoms with E-state index in [1.807, 2.05) is 29.9 Å². The zero-order chi connectivity index (χ0) is 20.1. The summed E-state index contributed by atoms with van der Waals surface area (Å²) in [5, 5.41) is 12.1. The number of hydrogen-bond acceptors (Lipinski definition) is 4. The highest BCUT2D eigenvalue weighted by atomic mass is 32.1. The summed E-state index contributed by atoms with van der Waals surface area (Å²) < 4.78 is 6.10. The molecule has 2 N–H and O–H groups in total. The van der Waals surface area contributed by atoms with Crippen molar-refractivity contribution in [3.63, 3.8) is 0 Å². The number of H-pyrrole nitrogens is 1. The van der Waals surface area contributed by atoms with Crippen molar-refractivity contribution in [2.75, 3.05) is 6.61 Å². The van der Waals surface area contributed by atoms with E-state index in [-0.39, 0.29) is 5.92 Å². The summed E-state index contributed by atoms with van der Waals surface area (Å²) in [6, 6.07) is 14.5. The van der Waals surface area contributed by atoms with Crippen molar-refractivity contribution in [1.29, 1.82) is 5.41 Å². The summed E-state index contributed by atoms with van der Waals surface area (Å²) in [6.45, 7) is 2.68. The van der Waals surface area contributed by atoms with Crippen LogP contribution in [-0.2, 0) is 12.8 Å². The van der Waals surface area contributed by atoms with Crippen LogP contribution in [0.25, 0.3) is 21.5 Å². The molecule has 2 heterocycles. The smallest absolute Gasteiger partial charge is 0.123 e. The molecule has 29 heavy (non-hydrogen) atoms. The molecular formula is C24H25N3OS. The predicted octanol–water partition coefficient (Wildman–Crippen LogP) is 6.13. The Labute approximate surface area is 175 Å². The van der Waals surface area contributed by atoms with E-state index in [2.05, 4.69) is 47.2 Å². The van der Waals surface area contributed by atoms with Gasteiger partial charge >= 0.3 is 0 Å². The van der Waals surface area contributed by atoms with Gasteiger partial charge in [0.15, 0.2) is 0 Å². The monoisotopic (exact) mass is 403 g/mol. The molecule has 0 unspecified atom stereocenters. The zero-order valence-electron chi connectivity index (χ0n) is 16.5. The van der Waals surface area contributed by atoms with Gasteiger partial charge in [0.05, 0.1) is 6.61 Å². The standard InChI is InChI=1S/C24H25N3OS/c1-2-5-18-13-20(8-9-22(18)24-26-10-11-29-24)28-16-17(14-25)12-19-15-27-23-7-4-3-6-21(19)23/h3-4,6-11,13-15,17,25,27H,2,5,12,16H2,1H3/t17-/m1/s1. The fourth-order valence-corrected chi connectivity index (χ4v) is 4.35. The topological polar surface area (TPSA) is 61.8 Å². The van der Waals surface area contributed by atoms with Crippen molar-refractivity contribution in [3.05, 3.63) is 71.4 Å². The first-order valence-corrected chi connectivity index (χ1v) is 10.9. The van der Waals surface area contributed by atoms with Gasteiger partial charge in [0, 0.05) is 46.4 Å². The lowest BCUT2D eigenvalue weighted by atomic mass is 10.0. The van der Waals surface area contributed by atoms with Crippen molar-refractivity contribution in [2.24, 2.45) is 5.92 Å². The van der Waals surface area contributed by atoms with Crippen LogP contribution in [0.5, 0.6) is 5.75 Å². The summed E-state index contributed by atoms with van der Waals surface area (Å²) in [7, 11) is 0. The lowest BCUT2D eigenvalue weighted by Crippen LogP contribution is -2.16. The van der Waals surface area contributed by atoms with E-state index < -0.39 is 0 Å². The Morgan fingerprint density at radius 2 is 2.10 bits per heavy atom. The molecule has 0 spiro atoms. The molecule has 0 bridgehead atoms. The Bertz CT molecular complexity index is 1080. The van der Waals surface area contributed by atoms with E-state index in [9.17, 15) is 0 Å². The minimum absolute atomic E-state index is 0.0301. The summed E-state index contributed by atoms with van der Waals surface area (Å²) in [6.07, 6.45) is 8.25. The van der Waals surface area contributed by atoms with Crippen LogP contribution in [-0.4, -0.2) is 22.8 Å². The van der Waals surface area contributed by atoms with Crippen LogP contribution in [0.1, 0.15) is 24.5 Å². The van der Waals surface area contributed by atoms with Gasteiger partial charge in [-0.2, -0.15) is 0 Å². The van der Waals surface area contributed by atoms with E-state index in [4.69, 9.17) is 10.1 Å². The zero-order valence-corrected chi connectivity index (χ0v) is 17.3. The van der Waals surface area contributed by atoms with Gasteiger partial charge < -0.3 is 15.1 Å². The molecular weight excluding hydrogens is 378 g/mol. The Kier molecular flexibility index (Phi) is 6.06. The first-order valence-electron chi connectivity index (χ1n) is 9.99. The number of nitrogens with one attached hydrogen (secondary N) is 2. The van der Waals surface area contributed by atoms with Crippen molar-refractivity contribution in [3.8, 4) is 16.3 Å². The number of aromatic amines is 1. The van der Waals surface area contributed by atoms with Crippen molar-refractivity contribution in [2.45, 2.75) is 26.2 Å². The fraction of sp³-hybridized carbons (Fsp3) is 0.250. The second-order valence-electron chi connectivity index (χ2n) is 7.21. The second kappa shape index (κ2) is 9.05. The summed E-state index contributed by atoms with van der Waals surface area (Å²) in [5.41, 5.74) is 4.82. The van der Waals surface area contributed by atoms with Gasteiger partial charge in [0.2, 0.25) is 0 Å². The number of benzene rings is 2. The molecule has 0 aliphatic rings. The van der Waals surface area contributed by atoms with Gasteiger partial charge in [-0.1, -0.05) is 31.5 Å². The minimum Gasteiger partial charge on any atom is -0.493 e. The van der Waals surface area contributed by atoms with E-state index in [0.717, 1.165) is 35.5 Å². The minimum atomic E-state index is 0.0301. The lowest BCUT2D eigenvalue weighted by molar-refractivity contribution is 0.285. The number of nitrogens with zero attached hydrogens (tertiary/aromatic N) is 1. The molecule has 0 amide bonds. The molecule has 148 valence electrons. The van der Waals surface area contributed by atoms with E-state index >= 15 is 0 Å². The largest absolute Gasteiger partial charge is 0.493 e. The number of rotatable bonds is 9. The van der Waals surface area contributed by atoms with Gasteiger partial charge in [0.25, 0.3) is 0 Å². The molecule has 1 atom stereocenters. The van der Waals surface area contributed by atoms with Crippen molar-refractivity contribution >= 4 is 28.5 Å². The number of hydrogen-bond donors (Lipinski definition) is 2. The van der Waals surface area contributed by atoms with Crippen LogP contribution in [0.4, 0.5) is 0 Å². The molecule has 2 aromatic carbocycles. The van der Waals surface area contributed by atoms with Crippen molar-refractivity contribution < 1.29 is 4.74 Å². The maximum Gasteiger partial charge on any atom is 0.123 e. The third-order valence-corrected chi connectivity index (χ3v) is 5.92. The van der Waals surface area contributed by atoms with Crippen LogP contribution in [0.3, 0.4) is 0 Å². The van der Waals surface area contributed by atoms with Crippen LogP contribution in [0.2, 0.25) is 0 Å². The van der Waals surface area contributed by atoms with Crippen LogP contribution in [0.15, 0.2) is 60.2 Å². The predicted molar refractivity (Wildman–Crippen MR) is 121 cm³/mol. The second-order valence-corrected chi connectivity index (χ2v) is 8.10. The van der Waals surface area contributed by atoms with E-state index in [1.165, 1.54) is 28.3 Å². The Balaban J connectivity index is 1.47. The number of aromatic nitrogens is 2. The molecule has 0 aliphatic heterocycles. The third-order valence-electron chi connectivity index (χ3n) is 5.12. The maximum atomic E-state index is 7.85. The highest BCUT2D eigenvalue weighted by Gasteiger charge is 2.13. The molecule has 0 radical (unpaired) electrons. The third kappa shape index (κ3) is 4.40. The van der Waals surface area contributed by atoms with Crippen LogP contribution in [0, 0.1) is 11.3 Å². The summed E-state index contributed by atoms with van der Waals surface area (Å²) in [5.74, 6) is 0.891. The molecule has 5 heteroatoms. The van der Waals surface area contributed by atoms with Gasteiger partial charge in [-0.25, -0.2) is 4.98 Å². The maximum absolute atomic E-state index is 7.85. The molecule has 2 aromatic heterocycles. The highest BCUT2D eigenvalue weighted by Crippen LogP contribution is 2.30. The number of ether oxygens (including phenoxy) is 1. The highest BCUT2D eigenvalue weighted by molar-refractivity contribution is 7.13. The number of aryl methyl sites for hydroxylation is 1. The molecule has 0 fully saturated rings. The quantitative estimate of drug-likeness (QED) is 0.330. The Morgan fingerprint density at radius 3 is 2.90 bits per heavy atom. The van der Waals surface area contributed by atoms with Crippen LogP contribution >= 0.6 is 11.3 Å². The average molecular weight is 404 g/mol. The van der Waals surface area contributed by atoms with Gasteiger partial charge in [0.1, 0.15) is 10.8 Å². The molecule has 4 aromatic rings. The van der Waals surface area contributed by atoms with Gasteiger partial charge in [-0.15, -0.1) is 11.3 Å². The number of thiazole rings is 1. The number of para-hydroxylation sites is 1. The summed E-state index contributed by atoms with van der Waals surface area (Å²) in [4.78, 5) is 7.77. The Morgan fingerprint density at radius 1 is 1.21 bits per heavy atom. The van der Waals surface area contributed by atoms with E-state index in [0.29, 0.717) is 6.61 Å². The van der Waals surface area contributed by atoms with Gasteiger partial charge in [-0.05, 0) is 48.2 Å².